The zero-order valence-electron chi connectivity index (χ0n) is 10.0. The summed E-state index contributed by atoms with van der Waals surface area (Å²) in [6.07, 6.45) is 0. The Morgan fingerprint density at radius 2 is 2.10 bits per heavy atom. The molecule has 11 heteroatoms. The van der Waals surface area contributed by atoms with Crippen molar-refractivity contribution in [1.29, 1.82) is 0 Å². The molecule has 1 aromatic carbocycles. The van der Waals surface area contributed by atoms with Crippen molar-refractivity contribution in [1.82, 2.24) is 0 Å². The van der Waals surface area contributed by atoms with Crippen molar-refractivity contribution in [3.63, 3.8) is 0 Å². The van der Waals surface area contributed by atoms with E-state index >= 15 is 0 Å². The predicted octanol–water partition coefficient (Wildman–Crippen LogP) is 2.83. The van der Waals surface area contributed by atoms with Crippen LogP contribution in [0.5, 0.6) is 0 Å². The minimum absolute atomic E-state index is 0.257. The highest BCUT2D eigenvalue weighted by atomic mass is 35.5. The lowest BCUT2D eigenvalue weighted by Gasteiger charge is -2.07. The molecular weight excluding hydrogens is 345 g/mol. The van der Waals surface area contributed by atoms with E-state index in [1.165, 1.54) is 18.2 Å². The van der Waals surface area contributed by atoms with Gasteiger partial charge >= 0.3 is 5.69 Å². The fourth-order valence-electron chi connectivity index (χ4n) is 1.43. The molecule has 21 heavy (non-hydrogen) atoms. The monoisotopic (exact) mass is 351 g/mol. The number of anilines is 2. The van der Waals surface area contributed by atoms with Gasteiger partial charge in [-0.1, -0.05) is 29.0 Å². The fourth-order valence-corrected chi connectivity index (χ4v) is 3.87. The second-order valence-electron chi connectivity index (χ2n) is 3.78. The van der Waals surface area contributed by atoms with Gasteiger partial charge in [-0.15, -0.1) is 0 Å². The van der Waals surface area contributed by atoms with Gasteiger partial charge in [0.25, 0.3) is 10.0 Å². The third-order valence-electron chi connectivity index (χ3n) is 2.38. The number of nitrogens with two attached hydrogens (primary N) is 1. The molecule has 2 aromatic rings. The normalized spacial score (nSPS) is 11.3. The molecule has 0 bridgehead atoms. The van der Waals surface area contributed by atoms with E-state index in [4.69, 9.17) is 17.3 Å². The van der Waals surface area contributed by atoms with Crippen molar-refractivity contribution in [3.8, 4) is 0 Å². The molecule has 0 aliphatic heterocycles. The van der Waals surface area contributed by atoms with E-state index in [9.17, 15) is 22.9 Å². The molecule has 0 radical (unpaired) electrons. The number of nitrogens with one attached hydrogen (secondary N) is 1. The van der Waals surface area contributed by atoms with Crippen molar-refractivity contribution in [3.05, 3.63) is 45.2 Å². The Kier molecular flexibility index (Phi) is 4.03. The van der Waals surface area contributed by atoms with Crippen LogP contribution in [0.1, 0.15) is 0 Å². The van der Waals surface area contributed by atoms with E-state index in [-0.39, 0.29) is 15.7 Å². The molecule has 0 amide bonds. The molecule has 0 aliphatic carbocycles. The second-order valence-corrected chi connectivity index (χ2v) is 7.18. The van der Waals surface area contributed by atoms with Crippen molar-refractivity contribution < 1.29 is 17.7 Å². The number of halogens is 2. The van der Waals surface area contributed by atoms with E-state index < -0.39 is 30.7 Å². The average Bonchev–Trinajstić information content (AvgIpc) is 2.78. The second kappa shape index (κ2) is 5.47. The van der Waals surface area contributed by atoms with Gasteiger partial charge in [0.15, 0.2) is 10.8 Å². The molecule has 0 atom stereocenters. The maximum absolute atomic E-state index is 13.7. The zero-order valence-corrected chi connectivity index (χ0v) is 12.4. The van der Waals surface area contributed by atoms with Crippen molar-refractivity contribution >= 4 is 49.3 Å². The van der Waals surface area contributed by atoms with Crippen molar-refractivity contribution in [2.75, 3.05) is 10.5 Å². The summed E-state index contributed by atoms with van der Waals surface area (Å²) >= 11 is 6.05. The van der Waals surface area contributed by atoms with Crippen LogP contribution >= 0.6 is 22.9 Å². The lowest BCUT2D eigenvalue weighted by atomic mass is 10.3. The average molecular weight is 352 g/mol. The van der Waals surface area contributed by atoms with Crippen LogP contribution in [0.3, 0.4) is 0 Å². The van der Waals surface area contributed by atoms with Crippen LogP contribution in [0, 0.1) is 15.9 Å². The number of nitro groups is 1. The molecule has 0 saturated carbocycles. The minimum Gasteiger partial charge on any atom is -0.385 e. The number of hydrogen-bond acceptors (Lipinski definition) is 6. The van der Waals surface area contributed by atoms with Gasteiger partial charge in [0, 0.05) is 6.07 Å². The third-order valence-corrected chi connectivity index (χ3v) is 5.46. The Bertz CT molecular complexity index is 822. The van der Waals surface area contributed by atoms with Gasteiger partial charge in [-0.2, -0.15) is 0 Å². The lowest BCUT2D eigenvalue weighted by molar-refractivity contribution is -0.383. The Morgan fingerprint density at radius 3 is 2.67 bits per heavy atom. The van der Waals surface area contributed by atoms with Crippen molar-refractivity contribution in [2.24, 2.45) is 0 Å². The molecule has 0 aliphatic rings. The van der Waals surface area contributed by atoms with Gasteiger partial charge in [-0.05, 0) is 12.1 Å². The molecule has 0 saturated heterocycles. The summed E-state index contributed by atoms with van der Waals surface area (Å²) in [4.78, 5) is 9.86. The summed E-state index contributed by atoms with van der Waals surface area (Å²) in [5.74, 6) is -0.943. The molecule has 112 valence electrons. The summed E-state index contributed by atoms with van der Waals surface area (Å²) in [5, 5.41) is 10.1. The molecule has 2 rings (SSSR count). The molecule has 0 spiro atoms. The largest absolute Gasteiger partial charge is 0.385 e. The first-order chi connectivity index (χ1) is 9.72. The number of benzene rings is 1. The van der Waals surface area contributed by atoms with Crippen molar-refractivity contribution in [2.45, 2.75) is 4.21 Å². The number of thiophene rings is 1. The van der Waals surface area contributed by atoms with Gasteiger partial charge < -0.3 is 5.73 Å². The smallest absolute Gasteiger partial charge is 0.304 e. The fraction of sp³-hybridized carbons (Fsp3) is 0. The van der Waals surface area contributed by atoms with Crippen LogP contribution in [0.4, 0.5) is 20.8 Å². The maximum atomic E-state index is 13.7. The van der Waals surface area contributed by atoms with E-state index in [1.54, 1.807) is 0 Å². The van der Waals surface area contributed by atoms with E-state index in [0.717, 1.165) is 6.07 Å². The third kappa shape index (κ3) is 3.06. The molecule has 7 nitrogen and oxygen atoms in total. The zero-order chi connectivity index (χ0) is 15.8. The number of nitrogens with zero attached hydrogens (tertiary/aromatic N) is 1. The molecule has 0 fully saturated rings. The van der Waals surface area contributed by atoms with E-state index in [1.807, 2.05) is 4.72 Å². The van der Waals surface area contributed by atoms with E-state index in [2.05, 4.69) is 0 Å². The topological polar surface area (TPSA) is 115 Å². The highest BCUT2D eigenvalue weighted by molar-refractivity contribution is 7.94. The van der Waals surface area contributed by atoms with Gasteiger partial charge in [0.2, 0.25) is 0 Å². The quantitative estimate of drug-likeness (QED) is 0.649. The summed E-state index contributed by atoms with van der Waals surface area (Å²) < 4.78 is 39.4. The Morgan fingerprint density at radius 1 is 1.43 bits per heavy atom. The standard InChI is InChI=1S/C10H7ClFN3O4S2/c11-5-2-1-3-6(9(5)12)14-21(18,19)8-4-7(15(16)17)10(13)20-8/h1-4,14H,13H2. The van der Waals surface area contributed by atoms with Crippen LogP contribution in [0.15, 0.2) is 28.5 Å². The molecule has 3 N–H and O–H groups in total. The highest BCUT2D eigenvalue weighted by Gasteiger charge is 2.25. The first-order valence-electron chi connectivity index (χ1n) is 5.23. The minimum atomic E-state index is -4.20. The summed E-state index contributed by atoms with van der Waals surface area (Å²) in [6.45, 7) is 0. The van der Waals surface area contributed by atoms with Crippen LogP contribution < -0.4 is 10.5 Å². The lowest BCUT2D eigenvalue weighted by Crippen LogP contribution is -2.12. The van der Waals surface area contributed by atoms with Gasteiger partial charge in [0.05, 0.1) is 15.6 Å². The van der Waals surface area contributed by atoms with Gasteiger partial charge in [0.1, 0.15) is 4.21 Å². The summed E-state index contributed by atoms with van der Waals surface area (Å²) in [5.41, 5.74) is 4.49. The summed E-state index contributed by atoms with van der Waals surface area (Å²) in [7, 11) is -4.20. The molecule has 1 aromatic heterocycles. The number of hydrogen-bond donors (Lipinski definition) is 2. The molecule has 1 heterocycles. The molecular formula is C10H7ClFN3O4S2. The Hall–Kier alpha value is -1.91. The number of nitrogen functional groups attached to an aromatic ring is 1. The van der Waals surface area contributed by atoms with E-state index in [0.29, 0.717) is 11.3 Å². The Balaban J connectivity index is 2.41. The summed E-state index contributed by atoms with van der Waals surface area (Å²) in [6, 6.07) is 4.59. The highest BCUT2D eigenvalue weighted by Crippen LogP contribution is 2.35. The number of rotatable bonds is 4. The van der Waals surface area contributed by atoms with Crippen LogP contribution in [-0.2, 0) is 10.0 Å². The van der Waals surface area contributed by atoms with Gasteiger partial charge in [-0.3, -0.25) is 14.8 Å². The maximum Gasteiger partial charge on any atom is 0.304 e. The number of sulfonamides is 1. The Labute approximate surface area is 127 Å². The first kappa shape index (κ1) is 15.5. The van der Waals surface area contributed by atoms with Crippen LogP contribution in [-0.4, -0.2) is 13.3 Å². The van der Waals surface area contributed by atoms with Crippen LogP contribution in [0.25, 0.3) is 0 Å². The van der Waals surface area contributed by atoms with Gasteiger partial charge in [-0.25, -0.2) is 12.8 Å². The van der Waals surface area contributed by atoms with Crippen LogP contribution in [0.2, 0.25) is 5.02 Å². The first-order valence-corrected chi connectivity index (χ1v) is 7.90. The predicted molar refractivity (Wildman–Crippen MR) is 77.6 cm³/mol. The SMILES string of the molecule is Nc1sc(S(=O)(=O)Nc2cccc(Cl)c2F)cc1[N+](=O)[O-]. The molecule has 0 unspecified atom stereocenters.